The van der Waals surface area contributed by atoms with Crippen LogP contribution in [0.15, 0.2) is 95.2 Å². The Kier molecular flexibility index (Phi) is 8.10. The third-order valence-corrected chi connectivity index (χ3v) is 8.74. The van der Waals surface area contributed by atoms with Crippen LogP contribution in [0, 0.1) is 0 Å². The summed E-state index contributed by atoms with van der Waals surface area (Å²) in [5.74, 6) is 0.659. The fraction of sp³-hybridized carbons (Fsp3) is 0.259. The minimum atomic E-state index is -3.69. The van der Waals surface area contributed by atoms with Crippen LogP contribution in [-0.4, -0.2) is 40.1 Å². The van der Waals surface area contributed by atoms with Crippen molar-refractivity contribution in [1.29, 1.82) is 0 Å². The molecule has 9 nitrogen and oxygen atoms in total. The average molecular weight is 553 g/mol. The third-order valence-electron chi connectivity index (χ3n) is 6.17. The molecule has 0 amide bonds. The molecule has 0 unspecified atom stereocenters. The zero-order valence-electron chi connectivity index (χ0n) is 20.7. The smallest absolute Gasteiger partial charge is 0.261 e. The van der Waals surface area contributed by atoms with Crippen molar-refractivity contribution in [2.24, 2.45) is 7.05 Å². The molecule has 3 atom stereocenters. The van der Waals surface area contributed by atoms with Crippen molar-refractivity contribution < 1.29 is 23.0 Å². The Balaban J connectivity index is 1.33. The van der Waals surface area contributed by atoms with E-state index in [0.29, 0.717) is 17.9 Å². The van der Waals surface area contributed by atoms with E-state index in [2.05, 4.69) is 14.9 Å². The topological polar surface area (TPSA) is 116 Å². The Morgan fingerprint density at radius 1 is 1.00 bits per heavy atom. The maximum atomic E-state index is 12.7. The summed E-state index contributed by atoms with van der Waals surface area (Å²) < 4.78 is 42.5. The lowest BCUT2D eigenvalue weighted by molar-refractivity contribution is -0.245. The van der Waals surface area contributed by atoms with Gasteiger partial charge in [-0.05, 0) is 35.4 Å². The average Bonchev–Trinajstić information content (AvgIpc) is 3.37. The molecule has 11 heteroatoms. The van der Waals surface area contributed by atoms with Gasteiger partial charge in [-0.1, -0.05) is 66.4 Å². The van der Waals surface area contributed by atoms with Gasteiger partial charge in [0.1, 0.15) is 6.33 Å². The number of benzene rings is 3. The van der Waals surface area contributed by atoms with Crippen LogP contribution >= 0.6 is 11.8 Å². The first-order valence-electron chi connectivity index (χ1n) is 12.1. The quantitative estimate of drug-likeness (QED) is 0.293. The number of aliphatic hydroxyl groups is 1. The molecule has 0 aliphatic carbocycles. The van der Waals surface area contributed by atoms with E-state index in [4.69, 9.17) is 9.47 Å². The highest BCUT2D eigenvalue weighted by atomic mass is 32.2. The molecule has 1 aliphatic heterocycles. The molecule has 5 rings (SSSR count). The van der Waals surface area contributed by atoms with E-state index in [0.717, 1.165) is 21.8 Å². The van der Waals surface area contributed by atoms with Crippen LogP contribution in [0.1, 0.15) is 35.5 Å². The second-order valence-electron chi connectivity index (χ2n) is 8.93. The van der Waals surface area contributed by atoms with Crippen molar-refractivity contribution in [3.63, 3.8) is 0 Å². The minimum absolute atomic E-state index is 0.0190. The minimum Gasteiger partial charge on any atom is -0.392 e. The lowest BCUT2D eigenvalue weighted by Gasteiger charge is -2.36. The summed E-state index contributed by atoms with van der Waals surface area (Å²) >= 11 is 1.57. The largest absolute Gasteiger partial charge is 0.392 e. The molecule has 2 N–H and O–H groups in total. The van der Waals surface area contributed by atoms with Gasteiger partial charge in [-0.3, -0.25) is 4.72 Å². The molecular formula is C27H28N4O5S2. The number of sulfonamides is 1. The van der Waals surface area contributed by atoms with Gasteiger partial charge in [0, 0.05) is 30.5 Å². The summed E-state index contributed by atoms with van der Waals surface area (Å²) in [5, 5.41) is 18.3. The first-order valence-corrected chi connectivity index (χ1v) is 14.5. The second-order valence-corrected chi connectivity index (χ2v) is 11.6. The normalized spacial score (nSPS) is 19.8. The molecule has 1 aliphatic rings. The van der Waals surface area contributed by atoms with Crippen molar-refractivity contribution in [3.8, 4) is 0 Å². The molecule has 198 valence electrons. The molecule has 3 aromatic carbocycles. The Hall–Kier alpha value is -3.22. The fourth-order valence-corrected chi connectivity index (χ4v) is 6.10. The summed E-state index contributed by atoms with van der Waals surface area (Å²) in [6, 6.07) is 22.9. The first kappa shape index (κ1) is 26.4. The molecule has 0 radical (unpaired) electrons. The van der Waals surface area contributed by atoms with Gasteiger partial charge >= 0.3 is 0 Å². The van der Waals surface area contributed by atoms with Gasteiger partial charge in [-0.15, -0.1) is 10.2 Å². The Morgan fingerprint density at radius 2 is 1.71 bits per heavy atom. The van der Waals surface area contributed by atoms with Gasteiger partial charge in [0.25, 0.3) is 10.0 Å². The molecule has 0 bridgehead atoms. The zero-order chi connectivity index (χ0) is 26.5. The number of aliphatic hydroxyl groups excluding tert-OH is 1. The molecule has 4 aromatic rings. The van der Waals surface area contributed by atoms with Gasteiger partial charge in [0.2, 0.25) is 0 Å². The molecule has 1 fully saturated rings. The standard InChI is InChI=1S/C27H28N4O5S2/c1-31-18-28-29-27(31)37-17-23-15-25(20-9-7-19(16-32)8-10-20)36-26(35-23)21-11-13-22(14-12-21)30-38(33,34)24-5-3-2-4-6-24/h2-14,18,23,25-26,30,32H,15-17H2,1H3/t23-,25+,26+/m1/s1. The number of rotatable bonds is 9. The van der Waals surface area contributed by atoms with E-state index >= 15 is 0 Å². The number of thioether (sulfide) groups is 1. The monoisotopic (exact) mass is 552 g/mol. The summed E-state index contributed by atoms with van der Waals surface area (Å²) in [4.78, 5) is 0.196. The van der Waals surface area contributed by atoms with Gasteiger partial charge < -0.3 is 19.1 Å². The van der Waals surface area contributed by atoms with Crippen LogP contribution in [0.5, 0.6) is 0 Å². The predicted octanol–water partition coefficient (Wildman–Crippen LogP) is 4.45. The van der Waals surface area contributed by atoms with E-state index in [-0.39, 0.29) is 23.7 Å². The summed E-state index contributed by atoms with van der Waals surface area (Å²) in [6.07, 6.45) is 1.32. The SMILES string of the molecule is Cn1cnnc1SC[C@H]1C[C@@H](c2ccc(CO)cc2)O[C@@H](c2ccc(NS(=O)(=O)c3ccccc3)cc2)O1. The fourth-order valence-electron chi connectivity index (χ4n) is 4.12. The number of aromatic nitrogens is 3. The number of hydrogen-bond donors (Lipinski definition) is 2. The van der Waals surface area contributed by atoms with E-state index in [9.17, 15) is 13.5 Å². The Morgan fingerprint density at radius 3 is 2.37 bits per heavy atom. The number of aryl methyl sites for hydroxylation is 1. The number of ether oxygens (including phenoxy) is 2. The second kappa shape index (κ2) is 11.7. The highest BCUT2D eigenvalue weighted by molar-refractivity contribution is 7.99. The first-order chi connectivity index (χ1) is 18.4. The number of nitrogens with one attached hydrogen (secondary N) is 1. The number of nitrogens with zero attached hydrogens (tertiary/aromatic N) is 3. The summed E-state index contributed by atoms with van der Waals surface area (Å²) in [5.41, 5.74) is 3.05. The molecular weight excluding hydrogens is 524 g/mol. The lowest BCUT2D eigenvalue weighted by Crippen LogP contribution is -2.31. The predicted molar refractivity (Wildman–Crippen MR) is 144 cm³/mol. The summed E-state index contributed by atoms with van der Waals surface area (Å²) in [7, 11) is -1.79. The van der Waals surface area contributed by atoms with Gasteiger partial charge in [0.05, 0.1) is 23.7 Å². The lowest BCUT2D eigenvalue weighted by atomic mass is 10.0. The molecule has 0 saturated carbocycles. The van der Waals surface area contributed by atoms with E-state index in [1.165, 1.54) is 0 Å². The molecule has 1 saturated heterocycles. The van der Waals surface area contributed by atoms with Crippen molar-refractivity contribution in [1.82, 2.24) is 14.8 Å². The maximum absolute atomic E-state index is 12.7. The molecule has 2 heterocycles. The van der Waals surface area contributed by atoms with Crippen LogP contribution in [0.4, 0.5) is 5.69 Å². The number of hydrogen-bond acceptors (Lipinski definition) is 8. The van der Waals surface area contributed by atoms with Gasteiger partial charge in [-0.2, -0.15) is 0 Å². The van der Waals surface area contributed by atoms with Crippen LogP contribution in [-0.2, 0) is 33.2 Å². The Labute approximate surface area is 225 Å². The third kappa shape index (κ3) is 6.25. The number of anilines is 1. The van der Waals surface area contributed by atoms with E-state index in [1.807, 2.05) is 35.9 Å². The van der Waals surface area contributed by atoms with Crippen molar-refractivity contribution in [3.05, 3.63) is 102 Å². The zero-order valence-corrected chi connectivity index (χ0v) is 22.3. The van der Waals surface area contributed by atoms with Crippen LogP contribution in [0.3, 0.4) is 0 Å². The van der Waals surface area contributed by atoms with Gasteiger partial charge in [-0.25, -0.2) is 8.42 Å². The van der Waals surface area contributed by atoms with Crippen molar-refractivity contribution in [2.75, 3.05) is 10.5 Å². The van der Waals surface area contributed by atoms with E-state index < -0.39 is 16.3 Å². The summed E-state index contributed by atoms with van der Waals surface area (Å²) in [6.45, 7) is -0.0190. The highest BCUT2D eigenvalue weighted by Crippen LogP contribution is 2.39. The maximum Gasteiger partial charge on any atom is 0.261 e. The highest BCUT2D eigenvalue weighted by Gasteiger charge is 2.32. The Bertz CT molecular complexity index is 1450. The van der Waals surface area contributed by atoms with Crippen LogP contribution in [0.2, 0.25) is 0 Å². The van der Waals surface area contributed by atoms with Crippen LogP contribution < -0.4 is 4.72 Å². The van der Waals surface area contributed by atoms with Crippen LogP contribution in [0.25, 0.3) is 0 Å². The molecule has 0 spiro atoms. The van der Waals surface area contributed by atoms with E-state index in [1.54, 1.807) is 72.7 Å². The van der Waals surface area contributed by atoms with Gasteiger partial charge in [0.15, 0.2) is 11.4 Å². The van der Waals surface area contributed by atoms with Crippen molar-refractivity contribution >= 4 is 27.5 Å². The molecule has 1 aromatic heterocycles. The molecule has 38 heavy (non-hydrogen) atoms. The van der Waals surface area contributed by atoms with Crippen molar-refractivity contribution in [2.45, 2.75) is 41.6 Å².